The van der Waals surface area contributed by atoms with E-state index < -0.39 is 124 Å². The summed E-state index contributed by atoms with van der Waals surface area (Å²) in [5, 5.41) is 121. The van der Waals surface area contributed by atoms with Crippen molar-refractivity contribution < 1.29 is 89.4 Å². The third-order valence-electron chi connectivity index (χ3n) is 18.6. The molecule has 0 aliphatic carbocycles. The summed E-state index contributed by atoms with van der Waals surface area (Å²) >= 11 is 0. The number of aliphatic hydroxyl groups excluding tert-OH is 11. The van der Waals surface area contributed by atoms with Crippen LogP contribution in [0.1, 0.15) is 239 Å². The predicted octanol–water partition coefficient (Wildman–Crippen LogP) is 13.2. The molecule has 12 N–H and O–H groups in total. The van der Waals surface area contributed by atoms with Crippen LogP contribution < -0.4 is 5.32 Å². The molecule has 3 heterocycles. The fourth-order valence-electron chi connectivity index (χ4n) is 12.2. The van der Waals surface area contributed by atoms with Gasteiger partial charge < -0.3 is 89.9 Å². The van der Waals surface area contributed by atoms with Crippen LogP contribution in [0.4, 0.5) is 0 Å². The molecule has 3 aliphatic rings. The second-order valence-corrected chi connectivity index (χ2v) is 27.4. The first-order valence-corrected chi connectivity index (χ1v) is 39.7. The van der Waals surface area contributed by atoms with E-state index in [4.69, 9.17) is 28.4 Å². The molecule has 19 heteroatoms. The average molecular weight is 1460 g/mol. The van der Waals surface area contributed by atoms with E-state index >= 15 is 0 Å². The number of carbonyl (C=O) groups excluding carboxylic acids is 1. The van der Waals surface area contributed by atoms with Gasteiger partial charge in [-0.25, -0.2) is 0 Å². The molecular formula is C85H139NO18. The second-order valence-electron chi connectivity index (χ2n) is 27.4. The number of ether oxygens (including phenoxy) is 6. The van der Waals surface area contributed by atoms with E-state index in [-0.39, 0.29) is 18.9 Å². The Morgan fingerprint density at radius 2 is 0.663 bits per heavy atom. The van der Waals surface area contributed by atoms with Gasteiger partial charge in [-0.3, -0.25) is 4.79 Å². The third kappa shape index (κ3) is 42.8. The van der Waals surface area contributed by atoms with Crippen LogP contribution in [0.15, 0.2) is 158 Å². The maximum Gasteiger partial charge on any atom is 0.220 e. The highest BCUT2D eigenvalue weighted by molar-refractivity contribution is 5.76. The minimum Gasteiger partial charge on any atom is -0.394 e. The molecule has 17 atom stereocenters. The summed E-state index contributed by atoms with van der Waals surface area (Å²) in [6, 6.07) is -0.999. The van der Waals surface area contributed by atoms with Crippen molar-refractivity contribution in [1.82, 2.24) is 5.32 Å². The van der Waals surface area contributed by atoms with Crippen molar-refractivity contribution in [2.75, 3.05) is 26.4 Å². The van der Waals surface area contributed by atoms with Crippen LogP contribution in [0.3, 0.4) is 0 Å². The monoisotopic (exact) mass is 1460 g/mol. The minimum absolute atomic E-state index is 0.203. The van der Waals surface area contributed by atoms with Crippen LogP contribution in [0, 0.1) is 0 Å². The first-order chi connectivity index (χ1) is 50.8. The molecule has 0 bridgehead atoms. The van der Waals surface area contributed by atoms with Crippen LogP contribution in [-0.4, -0.2) is 193 Å². The fourth-order valence-corrected chi connectivity index (χ4v) is 12.2. The lowest BCUT2D eigenvalue weighted by Gasteiger charge is -2.48. The van der Waals surface area contributed by atoms with Gasteiger partial charge >= 0.3 is 0 Å². The van der Waals surface area contributed by atoms with Gasteiger partial charge in [0.05, 0.1) is 38.6 Å². The summed E-state index contributed by atoms with van der Waals surface area (Å²) < 4.78 is 34.4. The zero-order valence-corrected chi connectivity index (χ0v) is 63.2. The van der Waals surface area contributed by atoms with Crippen LogP contribution in [-0.2, 0) is 33.2 Å². The molecule has 104 heavy (non-hydrogen) atoms. The summed E-state index contributed by atoms with van der Waals surface area (Å²) in [6.45, 7) is 1.59. The molecule has 0 aromatic carbocycles. The van der Waals surface area contributed by atoms with Crippen LogP contribution in [0.2, 0.25) is 0 Å². The highest BCUT2D eigenvalue weighted by atomic mass is 16.8. The molecule has 3 saturated heterocycles. The summed E-state index contributed by atoms with van der Waals surface area (Å²) in [6.07, 6.45) is 66.5. The van der Waals surface area contributed by atoms with E-state index in [0.717, 1.165) is 128 Å². The zero-order chi connectivity index (χ0) is 75.3. The molecule has 3 rings (SSSR count). The Kier molecular flexibility index (Phi) is 57.0. The SMILES string of the molecule is CC/C=C\C/C=C\C/C=C\C/C=C\C/C=C\C/C=C\C/C=C\C/C=C\C/C=C\C/C=C\C/C=C\C/C=C\CCCCCCC(=O)NC(COC1OC(CO)C(OC2OC(CO)C(OC3OC(CO)C(O)C(O)C3O)C(O)C2O)C(O)C1O)C(O)/C=C/CCCCCCCCCCCCCCCCCC. The van der Waals surface area contributed by atoms with E-state index in [9.17, 15) is 61.0 Å². The molecule has 592 valence electrons. The van der Waals surface area contributed by atoms with Crippen molar-refractivity contribution in [3.63, 3.8) is 0 Å². The van der Waals surface area contributed by atoms with E-state index in [2.05, 4.69) is 165 Å². The smallest absolute Gasteiger partial charge is 0.220 e. The second kappa shape index (κ2) is 63.3. The normalized spacial score (nSPS) is 26.8. The molecule has 0 aromatic rings. The standard InChI is InChI=1S/C85H139NO18/c1-3-5-7-9-11-13-15-17-19-21-23-24-25-26-27-28-29-30-31-32-33-34-35-36-37-38-39-40-41-42-43-44-45-47-49-51-53-55-57-59-61-63-73(91)86-68(69(90)62-60-58-56-54-52-50-48-46-22-20-18-16-14-12-10-8-6-4-2)67-99-83-79(97)76(94)81(71(65-88)101-83)104-85-80(98)77(95)82(72(66-89)102-85)103-84-78(96)75(93)74(92)70(64-87)100-84/h5,7,11,13,17,19,23-24,26-27,29-30,32-33,35-36,38-39,41-42,44-45,49,51,60,62,68-72,74-85,87-90,92-98H,3-4,6,8-10,12,14-16,18,20-22,25,28,31,34,37,40,43,46-48,50,52-59,61,63-67H2,1-2H3,(H,86,91)/b7-5-,13-11-,19-17-,24-23-,27-26-,30-29-,33-32-,36-35-,39-38-,42-41-,45-44-,51-49-,62-60+. The van der Waals surface area contributed by atoms with Crippen LogP contribution >= 0.6 is 0 Å². The summed E-state index contributed by atoms with van der Waals surface area (Å²) in [5.41, 5.74) is 0. The molecule has 17 unspecified atom stereocenters. The Labute approximate surface area is 625 Å². The van der Waals surface area contributed by atoms with Crippen molar-refractivity contribution >= 4 is 5.91 Å². The number of rotatable bonds is 60. The van der Waals surface area contributed by atoms with E-state index in [1.165, 1.54) is 83.5 Å². The topological polar surface area (TPSA) is 307 Å². The summed E-state index contributed by atoms with van der Waals surface area (Å²) in [4.78, 5) is 13.4. The molecule has 0 saturated carbocycles. The van der Waals surface area contributed by atoms with Gasteiger partial charge in [-0.1, -0.05) is 281 Å². The lowest BCUT2D eigenvalue weighted by molar-refractivity contribution is -0.379. The number of hydrogen-bond acceptors (Lipinski definition) is 18. The average Bonchev–Trinajstić information content (AvgIpc) is 0.783. The Hall–Kier alpha value is -4.59. The number of allylic oxidation sites excluding steroid dienone is 25. The maximum absolute atomic E-state index is 13.4. The van der Waals surface area contributed by atoms with Crippen molar-refractivity contribution in [1.29, 1.82) is 0 Å². The highest BCUT2D eigenvalue weighted by Crippen LogP contribution is 2.33. The summed E-state index contributed by atoms with van der Waals surface area (Å²) in [5.74, 6) is -0.305. The van der Waals surface area contributed by atoms with Gasteiger partial charge in [-0.05, 0) is 109 Å². The van der Waals surface area contributed by atoms with Gasteiger partial charge in [0.1, 0.15) is 73.2 Å². The number of aliphatic hydroxyl groups is 11. The molecule has 0 aromatic heterocycles. The number of nitrogens with one attached hydrogen (secondary N) is 1. The van der Waals surface area contributed by atoms with Gasteiger partial charge in [0, 0.05) is 6.42 Å². The summed E-state index contributed by atoms with van der Waals surface area (Å²) in [7, 11) is 0. The van der Waals surface area contributed by atoms with Crippen molar-refractivity contribution in [2.45, 2.75) is 343 Å². The molecule has 0 spiro atoms. The van der Waals surface area contributed by atoms with Gasteiger partial charge in [0.15, 0.2) is 18.9 Å². The van der Waals surface area contributed by atoms with Crippen LogP contribution in [0.25, 0.3) is 0 Å². The van der Waals surface area contributed by atoms with Gasteiger partial charge in [-0.2, -0.15) is 0 Å². The van der Waals surface area contributed by atoms with Gasteiger partial charge in [0.2, 0.25) is 5.91 Å². The van der Waals surface area contributed by atoms with Crippen molar-refractivity contribution in [3.8, 4) is 0 Å². The van der Waals surface area contributed by atoms with E-state index in [1.54, 1.807) is 6.08 Å². The largest absolute Gasteiger partial charge is 0.394 e. The minimum atomic E-state index is -1.99. The lowest BCUT2D eigenvalue weighted by Crippen LogP contribution is -2.66. The maximum atomic E-state index is 13.4. The Morgan fingerprint density at radius 3 is 1.04 bits per heavy atom. The predicted molar refractivity (Wildman–Crippen MR) is 415 cm³/mol. The third-order valence-corrected chi connectivity index (χ3v) is 18.6. The van der Waals surface area contributed by atoms with E-state index in [1.807, 2.05) is 6.08 Å². The van der Waals surface area contributed by atoms with Crippen molar-refractivity contribution in [3.05, 3.63) is 158 Å². The molecular weight excluding hydrogens is 1320 g/mol. The Bertz CT molecular complexity index is 2500. The molecule has 19 nitrogen and oxygen atoms in total. The quantitative estimate of drug-likeness (QED) is 0.0199. The van der Waals surface area contributed by atoms with E-state index in [0.29, 0.717) is 6.42 Å². The fraction of sp³-hybridized carbons (Fsp3) is 0.682. The first-order valence-electron chi connectivity index (χ1n) is 39.7. The molecule has 1 amide bonds. The number of carbonyl (C=O) groups is 1. The molecule has 3 aliphatic heterocycles. The van der Waals surface area contributed by atoms with Gasteiger partial charge in [-0.15, -0.1) is 0 Å². The molecule has 0 radical (unpaired) electrons. The Morgan fingerprint density at radius 1 is 0.356 bits per heavy atom. The number of unbranched alkanes of at least 4 members (excludes halogenated alkanes) is 20. The zero-order valence-electron chi connectivity index (χ0n) is 63.2. The number of hydrogen-bond donors (Lipinski definition) is 12. The Balaban J connectivity index is 1.37. The highest BCUT2D eigenvalue weighted by Gasteiger charge is 2.53. The molecule has 3 fully saturated rings. The first kappa shape index (κ1) is 93.6. The lowest BCUT2D eigenvalue weighted by atomic mass is 9.96. The number of amides is 1. The van der Waals surface area contributed by atoms with Crippen molar-refractivity contribution in [2.24, 2.45) is 0 Å². The van der Waals surface area contributed by atoms with Crippen LogP contribution in [0.5, 0.6) is 0 Å². The van der Waals surface area contributed by atoms with Gasteiger partial charge in [0.25, 0.3) is 0 Å².